The topological polar surface area (TPSA) is 50.4 Å². The molecule has 2 N–H and O–H groups in total. The SMILES string of the molecule is O=C(Nc1ccc(F)c(F)c1)N[C@H]1COc2ccccc2C1. The molecule has 1 atom stereocenters. The number of anilines is 1. The van der Waals surface area contributed by atoms with Crippen LogP contribution < -0.4 is 15.4 Å². The maximum absolute atomic E-state index is 13.1. The Morgan fingerprint density at radius 2 is 1.95 bits per heavy atom. The quantitative estimate of drug-likeness (QED) is 0.896. The highest BCUT2D eigenvalue weighted by Gasteiger charge is 2.21. The van der Waals surface area contributed by atoms with E-state index in [-0.39, 0.29) is 11.7 Å². The molecule has 114 valence electrons. The summed E-state index contributed by atoms with van der Waals surface area (Å²) in [7, 11) is 0. The van der Waals surface area contributed by atoms with Crippen LogP contribution in [0.15, 0.2) is 42.5 Å². The lowest BCUT2D eigenvalue weighted by molar-refractivity contribution is 0.222. The van der Waals surface area contributed by atoms with E-state index in [1.165, 1.54) is 6.07 Å². The van der Waals surface area contributed by atoms with Gasteiger partial charge in [-0.05, 0) is 30.2 Å². The van der Waals surface area contributed by atoms with Gasteiger partial charge in [-0.1, -0.05) is 18.2 Å². The number of para-hydroxylation sites is 1. The zero-order valence-corrected chi connectivity index (χ0v) is 11.6. The lowest BCUT2D eigenvalue weighted by Gasteiger charge is -2.26. The molecule has 1 aliphatic rings. The fourth-order valence-corrected chi connectivity index (χ4v) is 2.35. The van der Waals surface area contributed by atoms with Crippen molar-refractivity contribution in [3.05, 3.63) is 59.7 Å². The summed E-state index contributed by atoms with van der Waals surface area (Å²) in [4.78, 5) is 11.9. The van der Waals surface area contributed by atoms with Crippen LogP contribution in [0.1, 0.15) is 5.56 Å². The number of hydrogen-bond acceptors (Lipinski definition) is 2. The second-order valence-corrected chi connectivity index (χ2v) is 5.05. The van der Waals surface area contributed by atoms with Crippen molar-refractivity contribution in [1.82, 2.24) is 5.32 Å². The molecule has 0 aliphatic carbocycles. The highest BCUT2D eigenvalue weighted by atomic mass is 19.2. The summed E-state index contributed by atoms with van der Waals surface area (Å²) >= 11 is 0. The summed E-state index contributed by atoms with van der Waals surface area (Å²) in [5.41, 5.74) is 1.21. The van der Waals surface area contributed by atoms with Crippen molar-refractivity contribution < 1.29 is 18.3 Å². The van der Waals surface area contributed by atoms with Gasteiger partial charge in [0.1, 0.15) is 12.4 Å². The molecule has 4 nitrogen and oxygen atoms in total. The monoisotopic (exact) mass is 304 g/mol. The Balaban J connectivity index is 1.59. The minimum absolute atomic E-state index is 0.180. The van der Waals surface area contributed by atoms with Crippen LogP contribution in [0.25, 0.3) is 0 Å². The van der Waals surface area contributed by atoms with E-state index >= 15 is 0 Å². The molecule has 1 heterocycles. The average Bonchev–Trinajstić information content (AvgIpc) is 2.51. The molecule has 0 saturated heterocycles. The Morgan fingerprint density at radius 1 is 1.14 bits per heavy atom. The summed E-state index contributed by atoms with van der Waals surface area (Å²) in [5, 5.41) is 5.22. The Hall–Kier alpha value is -2.63. The zero-order chi connectivity index (χ0) is 15.5. The molecule has 2 aromatic rings. The standard InChI is InChI=1S/C16H14F2N2O2/c17-13-6-5-11(8-14(13)18)19-16(21)20-12-7-10-3-1-2-4-15(10)22-9-12/h1-6,8,12H,7,9H2,(H2,19,20,21)/t12-/m1/s1. The molecule has 0 saturated carbocycles. The van der Waals surface area contributed by atoms with Gasteiger partial charge >= 0.3 is 6.03 Å². The number of fused-ring (bicyclic) bond motifs is 1. The number of amides is 2. The van der Waals surface area contributed by atoms with Gasteiger partial charge in [0.15, 0.2) is 11.6 Å². The minimum Gasteiger partial charge on any atom is -0.491 e. The maximum atomic E-state index is 13.1. The highest BCUT2D eigenvalue weighted by molar-refractivity contribution is 5.89. The number of nitrogens with one attached hydrogen (secondary N) is 2. The van der Waals surface area contributed by atoms with Gasteiger partial charge in [-0.2, -0.15) is 0 Å². The fourth-order valence-electron chi connectivity index (χ4n) is 2.35. The van der Waals surface area contributed by atoms with Crippen molar-refractivity contribution in [1.29, 1.82) is 0 Å². The van der Waals surface area contributed by atoms with Gasteiger partial charge in [0.2, 0.25) is 0 Å². The second kappa shape index (κ2) is 6.01. The van der Waals surface area contributed by atoms with Crippen LogP contribution in [-0.2, 0) is 6.42 Å². The fraction of sp³-hybridized carbons (Fsp3) is 0.188. The number of rotatable bonds is 2. The van der Waals surface area contributed by atoms with Crippen molar-refractivity contribution >= 4 is 11.7 Å². The van der Waals surface area contributed by atoms with Crippen molar-refractivity contribution in [2.45, 2.75) is 12.5 Å². The molecule has 0 radical (unpaired) electrons. The molecule has 0 fully saturated rings. The predicted octanol–water partition coefficient (Wildman–Crippen LogP) is 3.09. The predicted molar refractivity (Wildman–Crippen MR) is 77.9 cm³/mol. The number of carbonyl (C=O) groups excluding carboxylic acids is 1. The van der Waals surface area contributed by atoms with Crippen molar-refractivity contribution in [3.8, 4) is 5.75 Å². The van der Waals surface area contributed by atoms with Crippen LogP contribution in [-0.4, -0.2) is 18.7 Å². The number of hydrogen-bond donors (Lipinski definition) is 2. The van der Waals surface area contributed by atoms with Crippen molar-refractivity contribution in [2.75, 3.05) is 11.9 Å². The van der Waals surface area contributed by atoms with E-state index < -0.39 is 17.7 Å². The molecule has 0 spiro atoms. The average molecular weight is 304 g/mol. The second-order valence-electron chi connectivity index (χ2n) is 5.05. The summed E-state index contributed by atoms with van der Waals surface area (Å²) in [6.45, 7) is 0.363. The first kappa shape index (κ1) is 14.3. The third-order valence-electron chi connectivity index (χ3n) is 3.39. The van der Waals surface area contributed by atoms with Gasteiger partial charge in [-0.3, -0.25) is 0 Å². The first-order valence-electron chi connectivity index (χ1n) is 6.85. The van der Waals surface area contributed by atoms with Gasteiger partial charge in [0.25, 0.3) is 0 Å². The van der Waals surface area contributed by atoms with Crippen LogP contribution in [0.4, 0.5) is 19.3 Å². The Morgan fingerprint density at radius 3 is 2.77 bits per heavy atom. The highest BCUT2D eigenvalue weighted by Crippen LogP contribution is 2.23. The third-order valence-corrected chi connectivity index (χ3v) is 3.39. The Kier molecular flexibility index (Phi) is 3.91. The first-order chi connectivity index (χ1) is 10.6. The number of urea groups is 1. The number of ether oxygens (including phenoxy) is 1. The van der Waals surface area contributed by atoms with Crippen molar-refractivity contribution in [2.24, 2.45) is 0 Å². The normalized spacial score (nSPS) is 16.4. The largest absolute Gasteiger partial charge is 0.491 e. The first-order valence-corrected chi connectivity index (χ1v) is 6.85. The Labute approximate surface area is 126 Å². The molecule has 0 unspecified atom stereocenters. The number of carbonyl (C=O) groups is 1. The molecule has 6 heteroatoms. The summed E-state index contributed by atoms with van der Waals surface area (Å²) in [6, 6.07) is 10.1. The molecule has 2 aromatic carbocycles. The molecule has 1 aliphatic heterocycles. The van der Waals surface area contributed by atoms with Crippen LogP contribution in [0.5, 0.6) is 5.75 Å². The minimum atomic E-state index is -1.01. The number of benzene rings is 2. The van der Waals surface area contributed by atoms with E-state index in [2.05, 4.69) is 10.6 Å². The molecule has 22 heavy (non-hydrogen) atoms. The Bertz CT molecular complexity index is 706. The van der Waals surface area contributed by atoms with Crippen LogP contribution in [0.2, 0.25) is 0 Å². The smallest absolute Gasteiger partial charge is 0.319 e. The van der Waals surface area contributed by atoms with E-state index in [1.54, 1.807) is 0 Å². The van der Waals surface area contributed by atoms with Gasteiger partial charge < -0.3 is 15.4 Å². The van der Waals surface area contributed by atoms with E-state index in [0.29, 0.717) is 13.0 Å². The number of halogens is 2. The maximum Gasteiger partial charge on any atom is 0.319 e. The molecule has 3 rings (SSSR count). The summed E-state index contributed by atoms with van der Waals surface area (Å²) in [5.74, 6) is -1.14. The molecular formula is C16H14F2N2O2. The third kappa shape index (κ3) is 3.16. The molecule has 0 aromatic heterocycles. The van der Waals surface area contributed by atoms with Crippen LogP contribution in [0.3, 0.4) is 0 Å². The van der Waals surface area contributed by atoms with E-state index in [4.69, 9.17) is 4.74 Å². The van der Waals surface area contributed by atoms with Crippen LogP contribution in [0, 0.1) is 11.6 Å². The lowest BCUT2D eigenvalue weighted by atomic mass is 10.0. The lowest BCUT2D eigenvalue weighted by Crippen LogP contribution is -2.44. The van der Waals surface area contributed by atoms with Gasteiger partial charge in [-0.15, -0.1) is 0 Å². The van der Waals surface area contributed by atoms with E-state index in [9.17, 15) is 13.6 Å². The van der Waals surface area contributed by atoms with Gasteiger partial charge in [0, 0.05) is 11.8 Å². The van der Waals surface area contributed by atoms with Gasteiger partial charge in [0.05, 0.1) is 6.04 Å². The van der Waals surface area contributed by atoms with Crippen molar-refractivity contribution in [3.63, 3.8) is 0 Å². The van der Waals surface area contributed by atoms with E-state index in [0.717, 1.165) is 23.4 Å². The van der Waals surface area contributed by atoms with Gasteiger partial charge in [-0.25, -0.2) is 13.6 Å². The molecular weight excluding hydrogens is 290 g/mol. The molecule has 0 bridgehead atoms. The summed E-state index contributed by atoms with van der Waals surface area (Å²) in [6.07, 6.45) is 0.654. The summed E-state index contributed by atoms with van der Waals surface area (Å²) < 4.78 is 31.5. The zero-order valence-electron chi connectivity index (χ0n) is 11.6. The van der Waals surface area contributed by atoms with E-state index in [1.807, 2.05) is 24.3 Å². The van der Waals surface area contributed by atoms with Crippen LogP contribution >= 0.6 is 0 Å². The molecule has 2 amide bonds.